The summed E-state index contributed by atoms with van der Waals surface area (Å²) in [5, 5.41) is 0.718. The lowest BCUT2D eigenvalue weighted by Gasteiger charge is -2.07. The van der Waals surface area contributed by atoms with Gasteiger partial charge in [-0.1, -0.05) is 49.9 Å². The van der Waals surface area contributed by atoms with Gasteiger partial charge in [-0.05, 0) is 54.8 Å². The summed E-state index contributed by atoms with van der Waals surface area (Å²) >= 11 is 5.85. The third-order valence-corrected chi connectivity index (χ3v) is 3.44. The van der Waals surface area contributed by atoms with Crippen molar-refractivity contribution in [2.75, 3.05) is 0 Å². The Balaban J connectivity index is 1.86. The molecule has 0 aromatic heterocycles. The maximum atomic E-state index is 5.85. The van der Waals surface area contributed by atoms with Crippen LogP contribution in [0.1, 0.15) is 31.2 Å². The van der Waals surface area contributed by atoms with Crippen LogP contribution in [0.3, 0.4) is 0 Å². The SMILES string of the molecule is [CH2]CCCCCc1ccc(Oc2ccc(Cl)cc2)cc1. The molecule has 0 aliphatic rings. The van der Waals surface area contributed by atoms with E-state index < -0.39 is 0 Å². The molecular formula is C18H20ClO. The molecule has 0 aliphatic heterocycles. The second kappa shape index (κ2) is 7.96. The van der Waals surface area contributed by atoms with Gasteiger partial charge in [-0.2, -0.15) is 0 Å². The van der Waals surface area contributed by atoms with Gasteiger partial charge in [0.1, 0.15) is 11.5 Å². The summed E-state index contributed by atoms with van der Waals surface area (Å²) in [6.45, 7) is 3.86. The average Bonchev–Trinajstić information content (AvgIpc) is 2.48. The average molecular weight is 288 g/mol. The van der Waals surface area contributed by atoms with Crippen molar-refractivity contribution in [2.24, 2.45) is 0 Å². The zero-order valence-corrected chi connectivity index (χ0v) is 12.4. The van der Waals surface area contributed by atoms with E-state index in [1.54, 1.807) is 0 Å². The van der Waals surface area contributed by atoms with Gasteiger partial charge in [-0.25, -0.2) is 0 Å². The Labute approximate surface area is 126 Å². The standard InChI is InChI=1S/C18H20ClO/c1-2-3-4-5-6-15-7-11-17(12-8-15)20-18-13-9-16(19)10-14-18/h7-14H,1-6H2. The Morgan fingerprint density at radius 1 is 0.800 bits per heavy atom. The van der Waals surface area contributed by atoms with Crippen LogP contribution in [0.15, 0.2) is 48.5 Å². The molecule has 0 atom stereocenters. The molecule has 1 nitrogen and oxygen atoms in total. The van der Waals surface area contributed by atoms with Crippen LogP contribution in [0.5, 0.6) is 11.5 Å². The highest BCUT2D eigenvalue weighted by Gasteiger charge is 1.99. The molecule has 0 saturated carbocycles. The van der Waals surface area contributed by atoms with Crippen LogP contribution in [0.4, 0.5) is 0 Å². The van der Waals surface area contributed by atoms with Crippen LogP contribution >= 0.6 is 11.6 Å². The van der Waals surface area contributed by atoms with E-state index in [4.69, 9.17) is 16.3 Å². The predicted octanol–water partition coefficient (Wildman–Crippen LogP) is 6.07. The van der Waals surface area contributed by atoms with Crippen molar-refractivity contribution in [3.8, 4) is 11.5 Å². The lowest BCUT2D eigenvalue weighted by atomic mass is 10.1. The molecular weight excluding hydrogens is 268 g/mol. The first-order valence-electron chi connectivity index (χ1n) is 7.09. The fourth-order valence-electron chi connectivity index (χ4n) is 2.05. The fourth-order valence-corrected chi connectivity index (χ4v) is 2.17. The minimum atomic E-state index is 0.718. The second-order valence-electron chi connectivity index (χ2n) is 4.86. The fraction of sp³-hybridized carbons (Fsp3) is 0.278. The molecule has 0 N–H and O–H groups in total. The number of rotatable bonds is 7. The minimum absolute atomic E-state index is 0.718. The van der Waals surface area contributed by atoms with Crippen molar-refractivity contribution in [3.63, 3.8) is 0 Å². The van der Waals surface area contributed by atoms with Crippen molar-refractivity contribution in [1.82, 2.24) is 0 Å². The lowest BCUT2D eigenvalue weighted by Crippen LogP contribution is -1.87. The van der Waals surface area contributed by atoms with E-state index in [9.17, 15) is 0 Å². The zero-order chi connectivity index (χ0) is 14.2. The molecule has 2 rings (SSSR count). The van der Waals surface area contributed by atoms with E-state index >= 15 is 0 Å². The Hall–Kier alpha value is -1.47. The summed E-state index contributed by atoms with van der Waals surface area (Å²) in [4.78, 5) is 0. The Kier molecular flexibility index (Phi) is 5.94. The summed E-state index contributed by atoms with van der Waals surface area (Å²) in [5.74, 6) is 1.66. The first-order chi connectivity index (χ1) is 9.78. The van der Waals surface area contributed by atoms with Crippen LogP contribution in [0.2, 0.25) is 5.02 Å². The number of halogens is 1. The molecule has 105 valence electrons. The molecule has 0 amide bonds. The van der Waals surface area contributed by atoms with Crippen molar-refractivity contribution >= 4 is 11.6 Å². The van der Waals surface area contributed by atoms with Crippen LogP contribution < -0.4 is 4.74 Å². The zero-order valence-electron chi connectivity index (χ0n) is 11.6. The summed E-state index contributed by atoms with van der Waals surface area (Å²) < 4.78 is 5.76. The molecule has 20 heavy (non-hydrogen) atoms. The van der Waals surface area contributed by atoms with Gasteiger partial charge >= 0.3 is 0 Å². The van der Waals surface area contributed by atoms with Gasteiger partial charge < -0.3 is 4.74 Å². The number of hydrogen-bond donors (Lipinski definition) is 0. The van der Waals surface area contributed by atoms with Crippen molar-refractivity contribution in [3.05, 3.63) is 66.0 Å². The lowest BCUT2D eigenvalue weighted by molar-refractivity contribution is 0.482. The summed E-state index contributed by atoms with van der Waals surface area (Å²) in [7, 11) is 0. The highest BCUT2D eigenvalue weighted by molar-refractivity contribution is 6.30. The number of aryl methyl sites for hydroxylation is 1. The number of unbranched alkanes of at least 4 members (excludes halogenated alkanes) is 3. The molecule has 0 heterocycles. The Morgan fingerprint density at radius 3 is 2.00 bits per heavy atom. The van der Waals surface area contributed by atoms with Gasteiger partial charge in [0.25, 0.3) is 0 Å². The summed E-state index contributed by atoms with van der Waals surface area (Å²) in [6, 6.07) is 15.7. The highest BCUT2D eigenvalue weighted by Crippen LogP contribution is 2.23. The van der Waals surface area contributed by atoms with E-state index in [0.717, 1.165) is 29.4 Å². The van der Waals surface area contributed by atoms with Crippen LogP contribution in [-0.2, 0) is 6.42 Å². The molecule has 0 aliphatic carbocycles. The first kappa shape index (κ1) is 14.9. The van der Waals surface area contributed by atoms with Gasteiger partial charge in [0.15, 0.2) is 0 Å². The molecule has 0 bridgehead atoms. The second-order valence-corrected chi connectivity index (χ2v) is 5.30. The van der Waals surface area contributed by atoms with Crippen molar-refractivity contribution in [1.29, 1.82) is 0 Å². The van der Waals surface area contributed by atoms with Crippen molar-refractivity contribution in [2.45, 2.75) is 32.1 Å². The molecule has 1 radical (unpaired) electrons. The molecule has 0 saturated heterocycles. The Morgan fingerprint density at radius 2 is 1.40 bits per heavy atom. The third-order valence-electron chi connectivity index (χ3n) is 3.19. The van der Waals surface area contributed by atoms with E-state index in [2.05, 4.69) is 19.1 Å². The highest BCUT2D eigenvalue weighted by atomic mass is 35.5. The quantitative estimate of drug-likeness (QED) is 0.562. The number of hydrogen-bond acceptors (Lipinski definition) is 1. The Bertz CT molecular complexity index is 502. The molecule has 2 heteroatoms. The van der Waals surface area contributed by atoms with E-state index in [1.807, 2.05) is 36.4 Å². The van der Waals surface area contributed by atoms with Crippen LogP contribution in [-0.4, -0.2) is 0 Å². The summed E-state index contributed by atoms with van der Waals surface area (Å²) in [5.41, 5.74) is 1.36. The van der Waals surface area contributed by atoms with Crippen LogP contribution in [0, 0.1) is 6.92 Å². The van der Waals surface area contributed by atoms with Crippen molar-refractivity contribution < 1.29 is 4.74 Å². The molecule has 2 aromatic rings. The smallest absolute Gasteiger partial charge is 0.127 e. The molecule has 0 fully saturated rings. The van der Waals surface area contributed by atoms with E-state index in [-0.39, 0.29) is 0 Å². The number of ether oxygens (including phenoxy) is 1. The maximum absolute atomic E-state index is 5.85. The van der Waals surface area contributed by atoms with E-state index in [0.29, 0.717) is 0 Å². The molecule has 2 aromatic carbocycles. The first-order valence-corrected chi connectivity index (χ1v) is 7.47. The maximum Gasteiger partial charge on any atom is 0.127 e. The van der Waals surface area contributed by atoms with Gasteiger partial charge in [-0.3, -0.25) is 0 Å². The molecule has 0 unspecified atom stereocenters. The van der Waals surface area contributed by atoms with E-state index in [1.165, 1.54) is 24.8 Å². The normalized spacial score (nSPS) is 10.5. The van der Waals surface area contributed by atoms with Gasteiger partial charge in [0.2, 0.25) is 0 Å². The predicted molar refractivity (Wildman–Crippen MR) is 85.5 cm³/mol. The summed E-state index contributed by atoms with van der Waals surface area (Å²) in [6.07, 6.45) is 5.87. The monoisotopic (exact) mass is 287 g/mol. The van der Waals surface area contributed by atoms with Crippen LogP contribution in [0.25, 0.3) is 0 Å². The topological polar surface area (TPSA) is 9.23 Å². The van der Waals surface area contributed by atoms with Gasteiger partial charge in [-0.15, -0.1) is 0 Å². The largest absolute Gasteiger partial charge is 0.457 e. The minimum Gasteiger partial charge on any atom is -0.457 e. The number of benzene rings is 2. The third kappa shape index (κ3) is 4.90. The van der Waals surface area contributed by atoms with Gasteiger partial charge in [0.05, 0.1) is 0 Å². The van der Waals surface area contributed by atoms with Gasteiger partial charge in [0, 0.05) is 5.02 Å². The molecule has 0 spiro atoms.